The lowest BCUT2D eigenvalue weighted by Gasteiger charge is -2.13. The van der Waals surface area contributed by atoms with Gasteiger partial charge in [0.1, 0.15) is 6.61 Å². The summed E-state index contributed by atoms with van der Waals surface area (Å²) in [5.74, 6) is -0.343. The molecule has 0 bridgehead atoms. The molecular weight excluding hydrogens is 424 g/mol. The summed E-state index contributed by atoms with van der Waals surface area (Å²) in [5, 5.41) is 3.67. The Kier molecular flexibility index (Phi) is 7.32. The average Bonchev–Trinajstić information content (AvgIpc) is 3.10. The maximum Gasteiger partial charge on any atom is 0.291 e. The molecule has 0 aliphatic carbocycles. The van der Waals surface area contributed by atoms with Crippen LogP contribution in [0.25, 0.3) is 11.1 Å². The Labute approximate surface area is 190 Å². The van der Waals surface area contributed by atoms with Gasteiger partial charge in [-0.3, -0.25) is 14.5 Å². The molecule has 0 saturated carbocycles. The first kappa shape index (κ1) is 21.8. The SMILES string of the molecule is O=C1SC(OCCON=Cc2cccc(-c3ccccc3)c2)C(=O)N1Cc1ccccc1. The summed E-state index contributed by atoms with van der Waals surface area (Å²) >= 11 is 0.882. The van der Waals surface area contributed by atoms with E-state index >= 15 is 0 Å². The van der Waals surface area contributed by atoms with Gasteiger partial charge in [-0.05, 0) is 40.1 Å². The molecule has 0 radical (unpaired) electrons. The Balaban J connectivity index is 1.22. The summed E-state index contributed by atoms with van der Waals surface area (Å²) < 4.78 is 5.53. The molecular formula is C25H22N2O4S. The second-order valence-corrected chi connectivity index (χ2v) is 8.07. The molecule has 162 valence electrons. The van der Waals surface area contributed by atoms with Crippen LogP contribution in [0.3, 0.4) is 0 Å². The molecule has 7 heteroatoms. The lowest BCUT2D eigenvalue weighted by atomic mass is 10.0. The minimum Gasteiger partial charge on any atom is -0.393 e. The average molecular weight is 447 g/mol. The second-order valence-electron chi connectivity index (χ2n) is 7.06. The first-order chi connectivity index (χ1) is 15.7. The number of rotatable bonds is 9. The fraction of sp³-hybridized carbons (Fsp3) is 0.160. The molecule has 0 N–H and O–H groups in total. The van der Waals surface area contributed by atoms with E-state index in [1.54, 1.807) is 6.21 Å². The van der Waals surface area contributed by atoms with Crippen molar-refractivity contribution in [1.29, 1.82) is 0 Å². The molecule has 1 atom stereocenters. The molecule has 6 nitrogen and oxygen atoms in total. The van der Waals surface area contributed by atoms with Crippen LogP contribution in [0.4, 0.5) is 4.79 Å². The third-order valence-electron chi connectivity index (χ3n) is 4.79. The van der Waals surface area contributed by atoms with Gasteiger partial charge in [0, 0.05) is 0 Å². The van der Waals surface area contributed by atoms with Crippen LogP contribution < -0.4 is 0 Å². The first-order valence-electron chi connectivity index (χ1n) is 10.2. The molecule has 4 rings (SSSR count). The summed E-state index contributed by atoms with van der Waals surface area (Å²) in [6.45, 7) is 0.567. The number of thioether (sulfide) groups is 1. The van der Waals surface area contributed by atoms with Crippen LogP contribution in [0.5, 0.6) is 0 Å². The summed E-state index contributed by atoms with van der Waals surface area (Å²) in [4.78, 5) is 31.1. The highest BCUT2D eigenvalue weighted by molar-refractivity contribution is 8.15. The Morgan fingerprint density at radius 1 is 0.875 bits per heavy atom. The molecule has 1 saturated heterocycles. The van der Waals surface area contributed by atoms with E-state index in [4.69, 9.17) is 9.57 Å². The zero-order valence-corrected chi connectivity index (χ0v) is 18.1. The highest BCUT2D eigenvalue weighted by Gasteiger charge is 2.40. The summed E-state index contributed by atoms with van der Waals surface area (Å²) in [7, 11) is 0. The molecule has 1 unspecified atom stereocenters. The van der Waals surface area contributed by atoms with Gasteiger partial charge < -0.3 is 9.57 Å². The summed E-state index contributed by atoms with van der Waals surface area (Å²) in [5.41, 5.74) is 3.19. The number of carbonyl (C=O) groups excluding carboxylic acids is 2. The topological polar surface area (TPSA) is 68.2 Å². The van der Waals surface area contributed by atoms with Crippen LogP contribution in [-0.4, -0.2) is 40.9 Å². The van der Waals surface area contributed by atoms with Crippen molar-refractivity contribution in [2.24, 2.45) is 5.16 Å². The molecule has 1 aliphatic rings. The zero-order chi connectivity index (χ0) is 22.2. The Bertz CT molecular complexity index is 1090. The number of amides is 2. The number of imide groups is 1. The van der Waals surface area contributed by atoms with Gasteiger partial charge in [0.25, 0.3) is 11.1 Å². The quantitative estimate of drug-likeness (QED) is 0.265. The predicted molar refractivity (Wildman–Crippen MR) is 125 cm³/mol. The summed E-state index contributed by atoms with van der Waals surface area (Å²) in [6, 6.07) is 27.5. The van der Waals surface area contributed by atoms with E-state index in [9.17, 15) is 9.59 Å². The Hall–Kier alpha value is -3.42. The van der Waals surface area contributed by atoms with Crippen LogP contribution in [0.2, 0.25) is 0 Å². The van der Waals surface area contributed by atoms with E-state index < -0.39 is 5.44 Å². The van der Waals surface area contributed by atoms with Crippen molar-refractivity contribution in [2.45, 2.75) is 12.0 Å². The van der Waals surface area contributed by atoms with Crippen molar-refractivity contribution in [2.75, 3.05) is 13.2 Å². The van der Waals surface area contributed by atoms with E-state index in [2.05, 4.69) is 17.3 Å². The van der Waals surface area contributed by atoms with Crippen molar-refractivity contribution < 1.29 is 19.2 Å². The molecule has 0 aromatic heterocycles. The third-order valence-corrected chi connectivity index (χ3v) is 5.77. The van der Waals surface area contributed by atoms with Crippen molar-refractivity contribution in [3.05, 3.63) is 96.1 Å². The number of nitrogens with zero attached hydrogens (tertiary/aromatic N) is 2. The van der Waals surface area contributed by atoms with Gasteiger partial charge in [-0.2, -0.15) is 0 Å². The first-order valence-corrected chi connectivity index (χ1v) is 11.1. The highest BCUT2D eigenvalue weighted by Crippen LogP contribution is 2.29. The molecule has 32 heavy (non-hydrogen) atoms. The Morgan fingerprint density at radius 3 is 2.38 bits per heavy atom. The maximum absolute atomic E-state index is 12.5. The minimum absolute atomic E-state index is 0.150. The third kappa shape index (κ3) is 5.63. The van der Waals surface area contributed by atoms with Crippen LogP contribution in [0.15, 0.2) is 90.1 Å². The number of hydrogen-bond acceptors (Lipinski definition) is 6. The van der Waals surface area contributed by atoms with Gasteiger partial charge in [-0.25, -0.2) is 0 Å². The lowest BCUT2D eigenvalue weighted by Crippen LogP contribution is -2.32. The van der Waals surface area contributed by atoms with Crippen LogP contribution in [-0.2, 0) is 20.9 Å². The van der Waals surface area contributed by atoms with E-state index in [1.807, 2.05) is 72.8 Å². The minimum atomic E-state index is -0.846. The van der Waals surface area contributed by atoms with Gasteiger partial charge in [-0.15, -0.1) is 0 Å². The van der Waals surface area contributed by atoms with Gasteiger partial charge in [0.05, 0.1) is 19.4 Å². The zero-order valence-electron chi connectivity index (χ0n) is 17.3. The van der Waals surface area contributed by atoms with Gasteiger partial charge >= 0.3 is 0 Å². The van der Waals surface area contributed by atoms with E-state index in [0.29, 0.717) is 0 Å². The normalized spacial score (nSPS) is 16.1. The fourth-order valence-electron chi connectivity index (χ4n) is 3.21. The van der Waals surface area contributed by atoms with Crippen LogP contribution in [0, 0.1) is 0 Å². The van der Waals surface area contributed by atoms with Gasteiger partial charge in [0.15, 0.2) is 5.44 Å². The standard InChI is InChI=1S/C25H22N2O4S/c28-23-24(32-25(29)27(23)18-19-8-3-1-4-9-19)30-14-15-31-26-17-20-10-7-13-22(16-20)21-11-5-2-6-12-21/h1-13,16-17,24H,14-15,18H2. The lowest BCUT2D eigenvalue weighted by molar-refractivity contribution is -0.134. The van der Waals surface area contributed by atoms with Gasteiger partial charge in [-0.1, -0.05) is 84.0 Å². The largest absolute Gasteiger partial charge is 0.393 e. The molecule has 0 spiro atoms. The monoisotopic (exact) mass is 446 g/mol. The molecule has 1 heterocycles. The predicted octanol–water partition coefficient (Wildman–Crippen LogP) is 4.94. The van der Waals surface area contributed by atoms with Crippen molar-refractivity contribution in [3.8, 4) is 11.1 Å². The van der Waals surface area contributed by atoms with Crippen LogP contribution >= 0.6 is 11.8 Å². The molecule has 2 amide bonds. The molecule has 3 aromatic carbocycles. The molecule has 1 aliphatic heterocycles. The van der Waals surface area contributed by atoms with E-state index in [0.717, 1.165) is 34.0 Å². The van der Waals surface area contributed by atoms with E-state index in [-0.39, 0.29) is 30.9 Å². The van der Waals surface area contributed by atoms with Crippen molar-refractivity contribution >= 4 is 29.1 Å². The Morgan fingerprint density at radius 2 is 1.59 bits per heavy atom. The summed E-state index contributed by atoms with van der Waals surface area (Å²) in [6.07, 6.45) is 1.63. The highest BCUT2D eigenvalue weighted by atomic mass is 32.2. The number of benzene rings is 3. The maximum atomic E-state index is 12.5. The smallest absolute Gasteiger partial charge is 0.291 e. The molecule has 3 aromatic rings. The number of hydrogen-bond donors (Lipinski definition) is 0. The second kappa shape index (κ2) is 10.7. The number of oxime groups is 1. The van der Waals surface area contributed by atoms with Crippen LogP contribution in [0.1, 0.15) is 11.1 Å². The van der Waals surface area contributed by atoms with Crippen molar-refractivity contribution in [1.82, 2.24) is 4.90 Å². The number of carbonyl (C=O) groups is 2. The van der Waals surface area contributed by atoms with Gasteiger partial charge in [0.2, 0.25) is 0 Å². The number of ether oxygens (including phenoxy) is 1. The van der Waals surface area contributed by atoms with E-state index in [1.165, 1.54) is 4.90 Å². The fourth-order valence-corrected chi connectivity index (χ4v) is 4.07. The molecule has 1 fully saturated rings. The van der Waals surface area contributed by atoms with Crippen molar-refractivity contribution in [3.63, 3.8) is 0 Å².